The first kappa shape index (κ1) is 21.4. The van der Waals surface area contributed by atoms with Crippen LogP contribution in [0.5, 0.6) is 0 Å². The first-order chi connectivity index (χ1) is 14.8. The molecular weight excluding hydrogens is 419 g/mol. The summed E-state index contributed by atoms with van der Waals surface area (Å²) in [6.07, 6.45) is 2.26. The number of aryl methyl sites for hydroxylation is 3. The average Bonchev–Trinajstić information content (AvgIpc) is 3.11. The molecular formula is C23H23FN2O4S. The molecule has 1 atom stereocenters. The van der Waals surface area contributed by atoms with E-state index in [1.165, 1.54) is 34.1 Å². The van der Waals surface area contributed by atoms with E-state index in [-0.39, 0.29) is 36.3 Å². The Hall–Kier alpha value is -2.87. The fourth-order valence-corrected chi connectivity index (χ4v) is 5.45. The van der Waals surface area contributed by atoms with Crippen molar-refractivity contribution < 1.29 is 18.7 Å². The fourth-order valence-electron chi connectivity index (χ4n) is 4.14. The Morgan fingerprint density at radius 1 is 1.32 bits per heavy atom. The van der Waals surface area contributed by atoms with Crippen LogP contribution in [0.3, 0.4) is 0 Å². The summed E-state index contributed by atoms with van der Waals surface area (Å²) in [5.74, 6) is -1.08. The second-order valence-corrected chi connectivity index (χ2v) is 8.84. The van der Waals surface area contributed by atoms with Gasteiger partial charge < -0.3 is 4.74 Å². The number of fused-ring (bicyclic) bond motifs is 3. The number of nitrogens with zero attached hydrogens (tertiary/aromatic N) is 2. The Balaban J connectivity index is 1.80. The molecule has 0 fully saturated rings. The van der Waals surface area contributed by atoms with E-state index >= 15 is 0 Å². The number of aromatic nitrogens is 2. The molecule has 0 saturated carbocycles. The van der Waals surface area contributed by atoms with E-state index in [9.17, 15) is 18.8 Å². The van der Waals surface area contributed by atoms with E-state index in [0.717, 1.165) is 17.7 Å². The number of ketones is 1. The van der Waals surface area contributed by atoms with Gasteiger partial charge in [0.05, 0.1) is 24.5 Å². The fraction of sp³-hybridized carbons (Fsp3) is 0.391. The van der Waals surface area contributed by atoms with E-state index < -0.39 is 5.92 Å². The van der Waals surface area contributed by atoms with Crippen molar-refractivity contribution in [3.05, 3.63) is 61.8 Å². The Bertz CT molecular complexity index is 1260. The number of carbonyl (C=O) groups is 2. The van der Waals surface area contributed by atoms with Crippen LogP contribution in [-0.4, -0.2) is 27.9 Å². The Labute approximate surface area is 182 Å². The number of rotatable bonds is 5. The van der Waals surface area contributed by atoms with Gasteiger partial charge in [0.25, 0.3) is 5.56 Å². The van der Waals surface area contributed by atoms with Crippen molar-refractivity contribution in [2.24, 2.45) is 0 Å². The van der Waals surface area contributed by atoms with Crippen LogP contribution in [-0.2, 0) is 22.5 Å². The van der Waals surface area contributed by atoms with Gasteiger partial charge in [-0.1, -0.05) is 0 Å². The first-order valence-corrected chi connectivity index (χ1v) is 11.1. The third-order valence-electron chi connectivity index (χ3n) is 5.71. The molecule has 4 rings (SSSR count). The van der Waals surface area contributed by atoms with Gasteiger partial charge in [-0.05, 0) is 69.4 Å². The Kier molecular flexibility index (Phi) is 5.75. The van der Waals surface area contributed by atoms with Crippen LogP contribution in [0.15, 0.2) is 23.0 Å². The zero-order valence-electron chi connectivity index (χ0n) is 17.7. The van der Waals surface area contributed by atoms with Gasteiger partial charge in [-0.15, -0.1) is 11.3 Å². The minimum atomic E-state index is -0.487. The van der Waals surface area contributed by atoms with Gasteiger partial charge in [-0.25, -0.2) is 9.37 Å². The Morgan fingerprint density at radius 2 is 2.10 bits per heavy atom. The third-order valence-corrected chi connectivity index (χ3v) is 6.87. The highest BCUT2D eigenvalue weighted by Crippen LogP contribution is 2.41. The van der Waals surface area contributed by atoms with Gasteiger partial charge in [0.15, 0.2) is 5.78 Å². The maximum Gasteiger partial charge on any atom is 0.313 e. The van der Waals surface area contributed by atoms with Crippen LogP contribution in [0.25, 0.3) is 10.2 Å². The molecule has 6 nitrogen and oxygen atoms in total. The summed E-state index contributed by atoms with van der Waals surface area (Å²) in [6.45, 7) is 5.11. The van der Waals surface area contributed by atoms with Gasteiger partial charge in [-0.2, -0.15) is 0 Å². The summed E-state index contributed by atoms with van der Waals surface area (Å²) in [4.78, 5) is 45.0. The van der Waals surface area contributed by atoms with E-state index in [4.69, 9.17) is 4.74 Å². The van der Waals surface area contributed by atoms with Crippen molar-refractivity contribution in [3.63, 3.8) is 0 Å². The molecule has 3 aromatic rings. The Morgan fingerprint density at radius 3 is 2.81 bits per heavy atom. The van der Waals surface area contributed by atoms with E-state index in [2.05, 4.69) is 4.98 Å². The molecule has 0 N–H and O–H groups in total. The summed E-state index contributed by atoms with van der Waals surface area (Å²) >= 11 is 1.44. The molecule has 0 amide bonds. The van der Waals surface area contributed by atoms with Gasteiger partial charge in [0, 0.05) is 10.4 Å². The number of hydrogen-bond donors (Lipinski definition) is 0. The quantitative estimate of drug-likeness (QED) is 0.440. The van der Waals surface area contributed by atoms with E-state index in [0.29, 0.717) is 39.2 Å². The molecule has 1 unspecified atom stereocenters. The lowest BCUT2D eigenvalue weighted by Gasteiger charge is -2.21. The molecule has 0 radical (unpaired) electrons. The van der Waals surface area contributed by atoms with Gasteiger partial charge in [-0.3, -0.25) is 19.0 Å². The monoisotopic (exact) mass is 442 g/mol. The highest BCUT2D eigenvalue weighted by atomic mass is 32.1. The van der Waals surface area contributed by atoms with E-state index in [1.54, 1.807) is 20.8 Å². The van der Waals surface area contributed by atoms with Crippen LogP contribution in [0, 0.1) is 19.7 Å². The summed E-state index contributed by atoms with van der Waals surface area (Å²) in [5.41, 5.74) is 1.08. The molecule has 1 aliphatic carbocycles. The molecule has 1 aromatic carbocycles. The van der Waals surface area contributed by atoms with Crippen LogP contribution < -0.4 is 5.56 Å². The predicted molar refractivity (Wildman–Crippen MR) is 116 cm³/mol. The van der Waals surface area contributed by atoms with Crippen molar-refractivity contribution in [1.29, 1.82) is 0 Å². The summed E-state index contributed by atoms with van der Waals surface area (Å²) in [6, 6.07) is 4.15. The number of carbonyl (C=O) groups excluding carboxylic acids is 2. The van der Waals surface area contributed by atoms with Crippen LogP contribution in [0.2, 0.25) is 0 Å². The molecule has 162 valence electrons. The minimum Gasteiger partial charge on any atom is -0.466 e. The van der Waals surface area contributed by atoms with E-state index in [1.807, 2.05) is 0 Å². The van der Waals surface area contributed by atoms with Crippen LogP contribution in [0.4, 0.5) is 4.39 Å². The average molecular weight is 443 g/mol. The number of benzene rings is 1. The highest BCUT2D eigenvalue weighted by Gasteiger charge is 2.33. The molecule has 0 bridgehead atoms. The second kappa shape index (κ2) is 8.34. The number of Topliss-reactive ketones (excluding diaryl/α,β-unsaturated/α-hetero) is 1. The van der Waals surface area contributed by atoms with Crippen molar-refractivity contribution in [2.45, 2.75) is 52.5 Å². The predicted octanol–water partition coefficient (Wildman–Crippen LogP) is 4.08. The molecule has 0 saturated heterocycles. The lowest BCUT2D eigenvalue weighted by atomic mass is 9.86. The maximum absolute atomic E-state index is 13.6. The van der Waals surface area contributed by atoms with Gasteiger partial charge >= 0.3 is 5.97 Å². The largest absolute Gasteiger partial charge is 0.466 e. The number of halogens is 1. The number of hydrogen-bond acceptors (Lipinski definition) is 6. The number of ether oxygens (including phenoxy) is 1. The molecule has 0 spiro atoms. The molecule has 1 aliphatic rings. The molecule has 2 aromatic heterocycles. The lowest BCUT2D eigenvalue weighted by Crippen LogP contribution is -2.29. The highest BCUT2D eigenvalue weighted by molar-refractivity contribution is 7.18. The molecule has 8 heteroatoms. The molecule has 0 aliphatic heterocycles. The number of esters is 1. The first-order valence-electron chi connectivity index (χ1n) is 10.3. The lowest BCUT2D eigenvalue weighted by molar-refractivity contribution is -0.145. The van der Waals surface area contributed by atoms with Crippen LogP contribution >= 0.6 is 11.3 Å². The third kappa shape index (κ3) is 3.80. The van der Waals surface area contributed by atoms with Crippen molar-refractivity contribution in [2.75, 3.05) is 6.61 Å². The summed E-state index contributed by atoms with van der Waals surface area (Å²) in [7, 11) is 0. The van der Waals surface area contributed by atoms with Crippen molar-refractivity contribution >= 4 is 33.3 Å². The topological polar surface area (TPSA) is 78.3 Å². The van der Waals surface area contributed by atoms with Gasteiger partial charge in [0.2, 0.25) is 0 Å². The zero-order chi connectivity index (χ0) is 22.3. The van der Waals surface area contributed by atoms with Crippen LogP contribution in [0.1, 0.15) is 57.9 Å². The number of thiophene rings is 1. The summed E-state index contributed by atoms with van der Waals surface area (Å²) < 4.78 is 20.1. The zero-order valence-corrected chi connectivity index (χ0v) is 18.5. The SMILES string of the molecule is CCOC(=O)C1CCCc2sc3nc(C)n(CC(=O)c4ccc(F)c(C)c4)c(=O)c3c21. The summed E-state index contributed by atoms with van der Waals surface area (Å²) in [5, 5.41) is 0.409. The molecule has 31 heavy (non-hydrogen) atoms. The van der Waals surface area contributed by atoms with Crippen molar-refractivity contribution in [1.82, 2.24) is 9.55 Å². The normalized spacial score (nSPS) is 15.7. The smallest absolute Gasteiger partial charge is 0.313 e. The second-order valence-electron chi connectivity index (χ2n) is 7.75. The minimum absolute atomic E-state index is 0.201. The maximum atomic E-state index is 13.6. The standard InChI is InChI=1S/C23H23FN2O4S/c1-4-30-23(29)15-6-5-7-18-19(15)20-21(31-18)25-13(3)26(22(20)28)11-17(27)14-8-9-16(24)12(2)10-14/h8-10,15H,4-7,11H2,1-3H3. The van der Waals surface area contributed by atoms with Crippen molar-refractivity contribution in [3.8, 4) is 0 Å². The van der Waals surface area contributed by atoms with Gasteiger partial charge in [0.1, 0.15) is 16.5 Å². The molecule has 2 heterocycles.